The van der Waals surface area contributed by atoms with Gasteiger partial charge in [0.1, 0.15) is 18.8 Å². The lowest BCUT2D eigenvalue weighted by molar-refractivity contribution is -0.436. The molecule has 1 aromatic heterocycles. The van der Waals surface area contributed by atoms with E-state index in [1.54, 1.807) is 18.3 Å². The van der Waals surface area contributed by atoms with E-state index in [0.29, 0.717) is 25.1 Å². The number of pyridine rings is 1. The van der Waals surface area contributed by atoms with Gasteiger partial charge in [0, 0.05) is 40.6 Å². The number of ether oxygens (including phenoxy) is 1. The van der Waals surface area contributed by atoms with Gasteiger partial charge < -0.3 is 14.7 Å². The topological polar surface area (TPSA) is 107 Å². The van der Waals surface area contributed by atoms with E-state index in [9.17, 15) is 20.0 Å². The van der Waals surface area contributed by atoms with Gasteiger partial charge in [-0.1, -0.05) is 31.5 Å². The number of nitriles is 1. The maximum absolute atomic E-state index is 11.4. The molecule has 0 aliphatic carbocycles. The Kier molecular flexibility index (Phi) is 8.06. The molecule has 0 saturated carbocycles. The van der Waals surface area contributed by atoms with Crippen molar-refractivity contribution in [2.24, 2.45) is 0 Å². The average Bonchev–Trinajstić information content (AvgIpc) is 3.26. The molecule has 0 amide bonds. The standard InChI is InChI=1S/C32H34N4O4/c1-22-8-11-26-25(19-22)32(4,5)27(35(26)16-14-29(38)39)12-9-23(20-33)10-13-28-31(2,3)24-7-6-15-34-30(24)36(28)17-18-40-21-37/h6-13,15,19,21H,14,16-18H2,1-5H3/p+1. The highest BCUT2D eigenvalue weighted by Gasteiger charge is 2.44. The predicted octanol–water partition coefficient (Wildman–Crippen LogP) is 5.10. The average molecular weight is 540 g/mol. The van der Waals surface area contributed by atoms with Gasteiger partial charge in [0.25, 0.3) is 6.47 Å². The van der Waals surface area contributed by atoms with Crippen LogP contribution in [-0.4, -0.2) is 52.5 Å². The summed E-state index contributed by atoms with van der Waals surface area (Å²) in [6, 6.07) is 12.4. The number of nitrogens with zero attached hydrogens (tertiary/aromatic N) is 4. The summed E-state index contributed by atoms with van der Waals surface area (Å²) in [7, 11) is 0. The number of carboxylic acid groups (broad SMARTS) is 1. The molecule has 8 heteroatoms. The first kappa shape index (κ1) is 28.5. The normalized spacial score (nSPS) is 18.1. The van der Waals surface area contributed by atoms with Crippen LogP contribution in [0.1, 0.15) is 50.8 Å². The van der Waals surface area contributed by atoms with Gasteiger partial charge in [-0.2, -0.15) is 9.84 Å². The molecule has 1 N–H and O–H groups in total. The third-order valence-corrected chi connectivity index (χ3v) is 7.71. The minimum absolute atomic E-state index is 0.00110. The number of aliphatic carboxylic acids is 1. The van der Waals surface area contributed by atoms with Crippen LogP contribution < -0.4 is 4.90 Å². The second-order valence-corrected chi connectivity index (χ2v) is 11.1. The first-order valence-corrected chi connectivity index (χ1v) is 13.3. The summed E-state index contributed by atoms with van der Waals surface area (Å²) in [4.78, 5) is 28.7. The summed E-state index contributed by atoms with van der Waals surface area (Å²) in [5.41, 5.74) is 5.90. The first-order chi connectivity index (χ1) is 19.0. The van der Waals surface area contributed by atoms with Crippen molar-refractivity contribution in [1.29, 1.82) is 5.26 Å². The molecule has 40 heavy (non-hydrogen) atoms. The van der Waals surface area contributed by atoms with Crippen molar-refractivity contribution in [3.05, 3.63) is 88.8 Å². The van der Waals surface area contributed by atoms with Crippen LogP contribution in [0.3, 0.4) is 0 Å². The van der Waals surface area contributed by atoms with Crippen LogP contribution in [0.5, 0.6) is 0 Å². The van der Waals surface area contributed by atoms with Crippen LogP contribution in [0, 0.1) is 18.3 Å². The van der Waals surface area contributed by atoms with E-state index in [1.165, 1.54) is 0 Å². The molecule has 0 spiro atoms. The Labute approximate surface area is 235 Å². The number of rotatable bonds is 10. The Balaban J connectivity index is 1.72. The fraction of sp³-hybridized carbons (Fsp3) is 0.344. The monoisotopic (exact) mass is 539 g/mol. The molecule has 0 radical (unpaired) electrons. The van der Waals surface area contributed by atoms with Crippen LogP contribution in [0.15, 0.2) is 72.1 Å². The number of hydrogen-bond donors (Lipinski definition) is 1. The molecule has 8 nitrogen and oxygen atoms in total. The van der Waals surface area contributed by atoms with Crippen molar-refractivity contribution in [3.63, 3.8) is 0 Å². The van der Waals surface area contributed by atoms with Crippen LogP contribution in [-0.2, 0) is 25.2 Å². The van der Waals surface area contributed by atoms with Crippen LogP contribution in [0.4, 0.5) is 11.5 Å². The van der Waals surface area contributed by atoms with E-state index in [2.05, 4.69) is 44.8 Å². The zero-order valence-corrected chi connectivity index (χ0v) is 23.6. The number of carboxylic acids is 1. The van der Waals surface area contributed by atoms with E-state index >= 15 is 0 Å². The Morgan fingerprint density at radius 2 is 1.98 bits per heavy atom. The summed E-state index contributed by atoms with van der Waals surface area (Å²) in [5, 5.41) is 19.4. The number of fused-ring (bicyclic) bond motifs is 2. The summed E-state index contributed by atoms with van der Waals surface area (Å²) in [6.07, 6.45) is 9.16. The molecule has 0 saturated heterocycles. The molecular formula is C32H35N4O4+. The Morgan fingerprint density at radius 1 is 1.20 bits per heavy atom. The first-order valence-electron chi connectivity index (χ1n) is 13.3. The van der Waals surface area contributed by atoms with Crippen molar-refractivity contribution < 1.29 is 24.0 Å². The molecule has 206 valence electrons. The van der Waals surface area contributed by atoms with Crippen molar-refractivity contribution in [1.82, 2.24) is 4.98 Å². The van der Waals surface area contributed by atoms with Gasteiger partial charge in [-0.25, -0.2) is 4.98 Å². The second-order valence-electron chi connectivity index (χ2n) is 11.1. The van der Waals surface area contributed by atoms with E-state index in [0.717, 1.165) is 39.6 Å². The van der Waals surface area contributed by atoms with Crippen LogP contribution >= 0.6 is 0 Å². The minimum atomic E-state index is -0.858. The number of allylic oxidation sites excluding steroid dienone is 6. The molecule has 0 fully saturated rings. The lowest BCUT2D eigenvalue weighted by Crippen LogP contribution is -2.29. The SMILES string of the molecule is Cc1ccc2c(c1)C(C)(C)C(/C=C/C(C#N)=C/C=C1/N(CCOC=O)c3ncccc3C1(C)C)=[N+]2CCC(=O)O. The summed E-state index contributed by atoms with van der Waals surface area (Å²) < 4.78 is 7.01. The maximum atomic E-state index is 11.4. The van der Waals surface area contributed by atoms with Crippen molar-refractivity contribution in [3.8, 4) is 6.07 Å². The fourth-order valence-corrected chi connectivity index (χ4v) is 5.61. The van der Waals surface area contributed by atoms with E-state index in [4.69, 9.17) is 4.74 Å². The number of hydrogen-bond acceptors (Lipinski definition) is 6. The number of aromatic nitrogens is 1. The molecule has 2 aliphatic rings. The largest absolute Gasteiger partial charge is 0.481 e. The maximum Gasteiger partial charge on any atom is 0.309 e. The molecule has 0 atom stereocenters. The molecular weight excluding hydrogens is 504 g/mol. The molecule has 3 heterocycles. The molecule has 0 unspecified atom stereocenters. The van der Waals surface area contributed by atoms with Crippen LogP contribution in [0.25, 0.3) is 0 Å². The predicted molar refractivity (Wildman–Crippen MR) is 154 cm³/mol. The molecule has 1 aromatic carbocycles. The molecule has 0 bridgehead atoms. The van der Waals surface area contributed by atoms with Crippen molar-refractivity contribution in [2.45, 2.75) is 51.9 Å². The van der Waals surface area contributed by atoms with Gasteiger partial charge in [-0.05, 0) is 51.1 Å². The molecule has 4 rings (SSSR count). The van der Waals surface area contributed by atoms with Gasteiger partial charge in [-0.3, -0.25) is 9.59 Å². The van der Waals surface area contributed by atoms with Crippen molar-refractivity contribution in [2.75, 3.05) is 24.6 Å². The fourth-order valence-electron chi connectivity index (χ4n) is 5.61. The van der Waals surface area contributed by atoms with Crippen molar-refractivity contribution >= 4 is 29.7 Å². The highest BCUT2D eigenvalue weighted by Crippen LogP contribution is 2.46. The summed E-state index contributed by atoms with van der Waals surface area (Å²) in [5.74, 6) is -0.0511. The summed E-state index contributed by atoms with van der Waals surface area (Å²) in [6.45, 7) is 11.9. The third-order valence-electron chi connectivity index (χ3n) is 7.71. The molecule has 2 aliphatic heterocycles. The zero-order valence-electron chi connectivity index (χ0n) is 23.6. The highest BCUT2D eigenvalue weighted by atomic mass is 16.5. The smallest absolute Gasteiger partial charge is 0.309 e. The van der Waals surface area contributed by atoms with E-state index in [1.807, 2.05) is 52.8 Å². The minimum Gasteiger partial charge on any atom is -0.481 e. The second kappa shape index (κ2) is 11.3. The number of aryl methyl sites for hydroxylation is 1. The lowest BCUT2D eigenvalue weighted by Gasteiger charge is -2.26. The van der Waals surface area contributed by atoms with Gasteiger partial charge in [0.15, 0.2) is 12.3 Å². The van der Waals surface area contributed by atoms with Crippen LogP contribution in [0.2, 0.25) is 0 Å². The van der Waals surface area contributed by atoms with E-state index < -0.39 is 5.97 Å². The third kappa shape index (κ3) is 5.32. The number of anilines is 1. The van der Waals surface area contributed by atoms with Gasteiger partial charge in [0.05, 0.1) is 23.6 Å². The highest BCUT2D eigenvalue weighted by molar-refractivity contribution is 6.03. The summed E-state index contributed by atoms with van der Waals surface area (Å²) >= 11 is 0. The zero-order chi connectivity index (χ0) is 29.1. The van der Waals surface area contributed by atoms with Gasteiger partial charge in [-0.15, -0.1) is 0 Å². The number of carbonyl (C=O) groups excluding carboxylic acids is 1. The quantitative estimate of drug-likeness (QED) is 0.147. The number of benzene rings is 1. The van der Waals surface area contributed by atoms with Gasteiger partial charge in [0.2, 0.25) is 5.69 Å². The Hall–Kier alpha value is -4.51. The van der Waals surface area contributed by atoms with E-state index in [-0.39, 0.29) is 23.9 Å². The molecule has 2 aromatic rings. The lowest BCUT2D eigenvalue weighted by atomic mass is 9.80. The Morgan fingerprint density at radius 3 is 2.67 bits per heavy atom. The number of carbonyl (C=O) groups is 2. The van der Waals surface area contributed by atoms with Gasteiger partial charge >= 0.3 is 5.97 Å². The Bertz CT molecular complexity index is 1500.